The monoisotopic (exact) mass is 730 g/mol. The van der Waals surface area contributed by atoms with E-state index in [1.54, 1.807) is 13.8 Å². The smallest absolute Gasteiger partial charge is 0.339 e. The Labute approximate surface area is 317 Å². The molecule has 8 nitrogen and oxygen atoms in total. The van der Waals surface area contributed by atoms with Crippen molar-refractivity contribution in [3.8, 4) is 17.2 Å². The molecule has 0 amide bonds. The molecule has 0 saturated heterocycles. The van der Waals surface area contributed by atoms with Crippen LogP contribution in [0.5, 0.6) is 17.2 Å². The van der Waals surface area contributed by atoms with Gasteiger partial charge in [-0.2, -0.15) is 0 Å². The van der Waals surface area contributed by atoms with Crippen molar-refractivity contribution in [1.82, 2.24) is 0 Å². The highest BCUT2D eigenvalue weighted by atomic mass is 16.5. The number of fused-ring (bicyclic) bond motifs is 2. The number of carboxylic acid groups (broad SMARTS) is 1. The zero-order valence-electron chi connectivity index (χ0n) is 34.6. The standard InChI is InChI=1S/C45H62O8/c1-26(2)16-15-22-43(11)31(19-17-27(3)4)25-44(23-21-29(7)8)40(47)32(20-18-28(5)6)35(45(43,42(44)50)39(46)30(9)10)33-24-34(41(48)49)37(52-13)38(53-14)36(33)51-12/h16-18,21,24,30-31H,15,19-20,22-23,25H2,1-14H3,(H,48,49)/t31-,43+,44+,45+/m0/s1. The number of carboxylic acids is 1. The molecule has 1 N–H and O–H groups in total. The maximum absolute atomic E-state index is 16.2. The molecule has 53 heavy (non-hydrogen) atoms. The molecule has 1 aromatic carbocycles. The molecule has 1 aromatic rings. The summed E-state index contributed by atoms with van der Waals surface area (Å²) in [5.74, 6) is -3.23. The molecule has 2 bridgehead atoms. The highest BCUT2D eigenvalue weighted by molar-refractivity contribution is 6.34. The number of aromatic carboxylic acids is 1. The van der Waals surface area contributed by atoms with E-state index in [1.807, 2.05) is 67.5 Å². The molecular weight excluding hydrogens is 668 g/mol. The molecule has 1 saturated carbocycles. The Balaban J connectivity index is 2.91. The van der Waals surface area contributed by atoms with E-state index in [4.69, 9.17) is 14.2 Å². The number of methoxy groups -OCH3 is 3. The van der Waals surface area contributed by atoms with Crippen molar-refractivity contribution in [3.63, 3.8) is 0 Å². The van der Waals surface area contributed by atoms with Gasteiger partial charge in [0.15, 0.2) is 28.8 Å². The molecule has 0 radical (unpaired) electrons. The number of carbonyl (C=O) groups is 4. The second kappa shape index (κ2) is 16.9. The first-order valence-electron chi connectivity index (χ1n) is 18.7. The SMILES string of the molecule is COc1c(C(=O)O)cc(C2=C(CC=C(C)C)C(=O)[C@@]3(CC=C(C)C)C[C@H](CC=C(C)C)[C@@](C)(CCC=C(C)C)[C@]2(C(=O)C(C)C)C3=O)c(OC)c1OC. The van der Waals surface area contributed by atoms with Crippen molar-refractivity contribution in [1.29, 1.82) is 0 Å². The van der Waals surface area contributed by atoms with Gasteiger partial charge in [0.2, 0.25) is 5.75 Å². The highest BCUT2D eigenvalue weighted by Gasteiger charge is 2.75. The van der Waals surface area contributed by atoms with Gasteiger partial charge in [0.25, 0.3) is 0 Å². The number of allylic oxidation sites excluding steroid dienone is 10. The molecule has 1 fully saturated rings. The van der Waals surface area contributed by atoms with Gasteiger partial charge in [0.05, 0.1) is 26.7 Å². The molecule has 290 valence electrons. The van der Waals surface area contributed by atoms with Crippen LogP contribution >= 0.6 is 0 Å². The van der Waals surface area contributed by atoms with Crippen molar-refractivity contribution in [2.24, 2.45) is 28.1 Å². The number of ether oxygens (including phenoxy) is 3. The molecule has 0 aromatic heterocycles. The second-order valence-corrected chi connectivity index (χ2v) is 16.4. The largest absolute Gasteiger partial charge is 0.492 e. The van der Waals surface area contributed by atoms with Crippen LogP contribution < -0.4 is 14.2 Å². The quantitative estimate of drug-likeness (QED) is 0.132. The molecule has 2 aliphatic rings. The van der Waals surface area contributed by atoms with Crippen LogP contribution in [0, 0.1) is 28.1 Å². The van der Waals surface area contributed by atoms with E-state index in [0.29, 0.717) is 24.8 Å². The molecule has 0 unspecified atom stereocenters. The lowest BCUT2D eigenvalue weighted by molar-refractivity contribution is -0.171. The minimum absolute atomic E-state index is 0.00414. The summed E-state index contributed by atoms with van der Waals surface area (Å²) >= 11 is 0. The lowest BCUT2D eigenvalue weighted by atomic mass is 9.36. The van der Waals surface area contributed by atoms with Crippen LogP contribution in [-0.2, 0) is 14.4 Å². The van der Waals surface area contributed by atoms with Gasteiger partial charge in [-0.3, -0.25) is 14.4 Å². The first-order chi connectivity index (χ1) is 24.7. The molecule has 4 atom stereocenters. The molecule has 2 aliphatic carbocycles. The number of Topliss-reactive ketones (excluding diaryl/α,β-unsaturated/α-hetero) is 3. The van der Waals surface area contributed by atoms with Crippen LogP contribution in [0.1, 0.15) is 131 Å². The van der Waals surface area contributed by atoms with Crippen molar-refractivity contribution in [2.45, 2.75) is 115 Å². The van der Waals surface area contributed by atoms with E-state index >= 15 is 14.4 Å². The molecule has 3 rings (SSSR count). The van der Waals surface area contributed by atoms with Crippen molar-refractivity contribution in [3.05, 3.63) is 69.4 Å². The topological polar surface area (TPSA) is 116 Å². The maximum atomic E-state index is 16.2. The molecule has 0 aliphatic heterocycles. The summed E-state index contributed by atoms with van der Waals surface area (Å²) in [5.41, 5.74) is 0.179. The predicted octanol–water partition coefficient (Wildman–Crippen LogP) is 10.4. The van der Waals surface area contributed by atoms with Gasteiger partial charge in [0.1, 0.15) is 11.0 Å². The molecule has 0 spiro atoms. The van der Waals surface area contributed by atoms with Crippen molar-refractivity contribution >= 4 is 28.9 Å². The fourth-order valence-corrected chi connectivity index (χ4v) is 8.68. The number of hydrogen-bond acceptors (Lipinski definition) is 7. The lowest BCUT2D eigenvalue weighted by Gasteiger charge is -2.63. The van der Waals surface area contributed by atoms with Crippen LogP contribution in [0.25, 0.3) is 5.57 Å². The predicted molar refractivity (Wildman–Crippen MR) is 212 cm³/mol. The van der Waals surface area contributed by atoms with Gasteiger partial charge in [-0.05, 0) is 117 Å². The first kappa shape index (κ1) is 43.2. The molecular formula is C45H62O8. The van der Waals surface area contributed by atoms with E-state index in [2.05, 4.69) is 19.1 Å². The summed E-state index contributed by atoms with van der Waals surface area (Å²) in [7, 11) is 4.14. The van der Waals surface area contributed by atoms with Crippen LogP contribution in [0.3, 0.4) is 0 Å². The summed E-state index contributed by atoms with van der Waals surface area (Å²) in [6, 6.07) is 1.40. The number of benzene rings is 1. The highest BCUT2D eigenvalue weighted by Crippen LogP contribution is 2.71. The second-order valence-electron chi connectivity index (χ2n) is 16.4. The Bertz CT molecular complexity index is 1780. The lowest BCUT2D eigenvalue weighted by Crippen LogP contribution is -2.69. The van der Waals surface area contributed by atoms with Gasteiger partial charge in [-0.25, -0.2) is 4.79 Å². The van der Waals surface area contributed by atoms with E-state index < -0.39 is 33.9 Å². The van der Waals surface area contributed by atoms with Gasteiger partial charge in [-0.1, -0.05) is 67.4 Å². The van der Waals surface area contributed by atoms with Crippen molar-refractivity contribution in [2.75, 3.05) is 21.3 Å². The Morgan fingerprint density at radius 3 is 1.85 bits per heavy atom. The van der Waals surface area contributed by atoms with E-state index in [0.717, 1.165) is 22.3 Å². The van der Waals surface area contributed by atoms with Gasteiger partial charge < -0.3 is 19.3 Å². The number of ketones is 3. The maximum Gasteiger partial charge on any atom is 0.339 e. The average molecular weight is 731 g/mol. The summed E-state index contributed by atoms with van der Waals surface area (Å²) in [5, 5.41) is 10.6. The first-order valence-corrected chi connectivity index (χ1v) is 18.7. The van der Waals surface area contributed by atoms with Gasteiger partial charge in [-0.15, -0.1) is 0 Å². The van der Waals surface area contributed by atoms with E-state index in [9.17, 15) is 9.90 Å². The minimum Gasteiger partial charge on any atom is -0.492 e. The third kappa shape index (κ3) is 7.61. The van der Waals surface area contributed by atoms with E-state index in [-0.39, 0.29) is 70.7 Å². The Hall–Kier alpha value is -4.20. The zero-order chi connectivity index (χ0) is 40.2. The Kier molecular flexibility index (Phi) is 13.7. The van der Waals surface area contributed by atoms with Crippen LogP contribution in [0.4, 0.5) is 0 Å². The summed E-state index contributed by atoms with van der Waals surface area (Å²) in [4.78, 5) is 60.5. The van der Waals surface area contributed by atoms with Crippen LogP contribution in [-0.4, -0.2) is 49.8 Å². The van der Waals surface area contributed by atoms with Crippen molar-refractivity contribution < 1.29 is 38.5 Å². The van der Waals surface area contributed by atoms with Crippen LogP contribution in [0.15, 0.2) is 58.2 Å². The minimum atomic E-state index is -1.87. The number of hydrogen-bond donors (Lipinski definition) is 1. The van der Waals surface area contributed by atoms with Gasteiger partial charge in [0, 0.05) is 17.1 Å². The zero-order valence-corrected chi connectivity index (χ0v) is 34.6. The summed E-state index contributed by atoms with van der Waals surface area (Å²) in [6.45, 7) is 21.5. The fourth-order valence-electron chi connectivity index (χ4n) is 8.68. The average Bonchev–Trinajstić information content (AvgIpc) is 3.07. The third-order valence-corrected chi connectivity index (χ3v) is 11.3. The number of rotatable bonds is 16. The molecule has 8 heteroatoms. The van der Waals surface area contributed by atoms with Gasteiger partial charge >= 0.3 is 5.97 Å². The fraction of sp³-hybridized carbons (Fsp3) is 0.556. The Morgan fingerprint density at radius 2 is 1.38 bits per heavy atom. The molecule has 0 heterocycles. The summed E-state index contributed by atoms with van der Waals surface area (Å²) < 4.78 is 17.4. The van der Waals surface area contributed by atoms with E-state index in [1.165, 1.54) is 27.4 Å². The normalized spacial score (nSPS) is 23.6. The number of carbonyl (C=O) groups excluding carboxylic acids is 3. The van der Waals surface area contributed by atoms with Crippen LogP contribution in [0.2, 0.25) is 0 Å². The summed E-state index contributed by atoms with van der Waals surface area (Å²) in [6.07, 6.45) is 10.4. The Morgan fingerprint density at radius 1 is 0.830 bits per heavy atom. The third-order valence-electron chi connectivity index (χ3n) is 11.3.